The smallest absolute Gasteiger partial charge is 0.262 e. The van der Waals surface area contributed by atoms with Gasteiger partial charge in [0.15, 0.2) is 5.16 Å². The maximum atomic E-state index is 12.4. The van der Waals surface area contributed by atoms with Crippen LogP contribution in [0.5, 0.6) is 0 Å². The van der Waals surface area contributed by atoms with Crippen LogP contribution in [-0.4, -0.2) is 27.0 Å². The average Bonchev–Trinajstić information content (AvgIpc) is 2.47. The fourth-order valence-electron chi connectivity index (χ4n) is 1.76. The molecule has 0 amide bonds. The van der Waals surface area contributed by atoms with Crippen LogP contribution in [0, 0.1) is 11.8 Å². The van der Waals surface area contributed by atoms with Crippen molar-refractivity contribution in [3.8, 4) is 11.8 Å². The van der Waals surface area contributed by atoms with E-state index in [0.29, 0.717) is 28.4 Å². The molecule has 0 aliphatic heterocycles. The third-order valence-corrected chi connectivity index (χ3v) is 3.47. The molecule has 1 heterocycles. The summed E-state index contributed by atoms with van der Waals surface area (Å²) in [6, 6.07) is 7.26. The van der Waals surface area contributed by atoms with Crippen molar-refractivity contribution in [2.75, 3.05) is 12.4 Å². The molecule has 0 radical (unpaired) electrons. The number of thioether (sulfide) groups is 1. The first-order chi connectivity index (χ1) is 9.77. The summed E-state index contributed by atoms with van der Waals surface area (Å²) in [6.07, 6.45) is 1.67. The summed E-state index contributed by atoms with van der Waals surface area (Å²) in [5.41, 5.74) is 0.601. The van der Waals surface area contributed by atoms with Gasteiger partial charge in [-0.25, -0.2) is 4.98 Å². The zero-order valence-corrected chi connectivity index (χ0v) is 11.7. The van der Waals surface area contributed by atoms with Crippen LogP contribution >= 0.6 is 11.8 Å². The Bertz CT molecular complexity index is 741. The molecule has 2 rings (SSSR count). The van der Waals surface area contributed by atoms with Gasteiger partial charge < -0.3 is 5.11 Å². The number of nitrogens with zero attached hydrogens (tertiary/aromatic N) is 2. The summed E-state index contributed by atoms with van der Waals surface area (Å²) >= 11 is 1.38. The van der Waals surface area contributed by atoms with Gasteiger partial charge in [-0.15, -0.1) is 6.58 Å². The third kappa shape index (κ3) is 3.10. The van der Waals surface area contributed by atoms with E-state index in [1.165, 1.54) is 11.8 Å². The number of fused-ring (bicyclic) bond motifs is 1. The van der Waals surface area contributed by atoms with Gasteiger partial charge in [0, 0.05) is 6.54 Å². The second kappa shape index (κ2) is 6.94. The van der Waals surface area contributed by atoms with Gasteiger partial charge in [-0.1, -0.05) is 41.8 Å². The van der Waals surface area contributed by atoms with Gasteiger partial charge in [-0.05, 0) is 12.1 Å². The summed E-state index contributed by atoms with van der Waals surface area (Å²) in [5, 5.41) is 9.83. The van der Waals surface area contributed by atoms with Gasteiger partial charge in [0.25, 0.3) is 5.56 Å². The molecule has 2 aromatic rings. The summed E-state index contributed by atoms with van der Waals surface area (Å²) in [5.74, 6) is 5.85. The maximum Gasteiger partial charge on any atom is 0.262 e. The molecule has 5 heteroatoms. The first-order valence-electron chi connectivity index (χ1n) is 6.07. The number of allylic oxidation sites excluding steroid dienone is 1. The number of hydrogen-bond donors (Lipinski definition) is 1. The number of hydrogen-bond acceptors (Lipinski definition) is 4. The van der Waals surface area contributed by atoms with E-state index in [2.05, 4.69) is 23.4 Å². The second-order valence-electron chi connectivity index (χ2n) is 3.92. The predicted molar refractivity (Wildman–Crippen MR) is 81.8 cm³/mol. The van der Waals surface area contributed by atoms with Crippen molar-refractivity contribution < 1.29 is 5.11 Å². The Morgan fingerprint density at radius 3 is 2.95 bits per heavy atom. The van der Waals surface area contributed by atoms with Crippen LogP contribution in [0.4, 0.5) is 0 Å². The Balaban J connectivity index is 2.47. The van der Waals surface area contributed by atoms with Gasteiger partial charge in [-0.2, -0.15) is 0 Å². The molecule has 20 heavy (non-hydrogen) atoms. The number of benzene rings is 1. The Labute approximate surface area is 121 Å². The second-order valence-corrected chi connectivity index (χ2v) is 4.86. The molecule has 0 saturated heterocycles. The third-order valence-electron chi connectivity index (χ3n) is 2.62. The minimum atomic E-state index is -0.162. The standard InChI is InChI=1S/C15H14N2O2S/c1-2-9-17-14(19)12-7-3-4-8-13(12)16-15(17)20-11-6-5-10-18/h2-4,7-8,18H,1,9-11H2. The van der Waals surface area contributed by atoms with E-state index >= 15 is 0 Å². The number of aliphatic hydroxyl groups is 1. The highest BCUT2D eigenvalue weighted by atomic mass is 32.2. The first kappa shape index (κ1) is 14.4. The van der Waals surface area contributed by atoms with Crippen molar-refractivity contribution >= 4 is 22.7 Å². The maximum absolute atomic E-state index is 12.4. The highest BCUT2D eigenvalue weighted by Crippen LogP contribution is 2.17. The molecule has 0 aliphatic rings. The van der Waals surface area contributed by atoms with E-state index in [4.69, 9.17) is 5.11 Å². The van der Waals surface area contributed by atoms with Crippen LogP contribution in [0.2, 0.25) is 0 Å². The largest absolute Gasteiger partial charge is 0.384 e. The first-order valence-corrected chi connectivity index (χ1v) is 7.06. The molecule has 1 aromatic carbocycles. The topological polar surface area (TPSA) is 55.1 Å². The highest BCUT2D eigenvalue weighted by Gasteiger charge is 2.09. The SMILES string of the molecule is C=CCn1c(SCC#CCO)nc2ccccc2c1=O. The van der Waals surface area contributed by atoms with E-state index in [1.807, 2.05) is 18.2 Å². The van der Waals surface area contributed by atoms with E-state index in [-0.39, 0.29) is 12.2 Å². The van der Waals surface area contributed by atoms with Gasteiger partial charge in [-0.3, -0.25) is 9.36 Å². The molecule has 0 unspecified atom stereocenters. The van der Waals surface area contributed by atoms with Crippen molar-refractivity contribution in [2.24, 2.45) is 0 Å². The molecule has 1 N–H and O–H groups in total. The van der Waals surface area contributed by atoms with Crippen molar-refractivity contribution in [2.45, 2.75) is 11.7 Å². The van der Waals surface area contributed by atoms with Crippen molar-refractivity contribution in [3.05, 3.63) is 47.3 Å². The average molecular weight is 286 g/mol. The van der Waals surface area contributed by atoms with Crippen molar-refractivity contribution in [1.82, 2.24) is 9.55 Å². The number of para-hydroxylation sites is 1. The van der Waals surface area contributed by atoms with Crippen LogP contribution < -0.4 is 5.56 Å². The van der Waals surface area contributed by atoms with E-state index in [0.717, 1.165) is 0 Å². The van der Waals surface area contributed by atoms with Crippen LogP contribution in [-0.2, 0) is 6.54 Å². The fourth-order valence-corrected chi connectivity index (χ4v) is 2.54. The highest BCUT2D eigenvalue weighted by molar-refractivity contribution is 7.99. The Morgan fingerprint density at radius 2 is 2.20 bits per heavy atom. The lowest BCUT2D eigenvalue weighted by Crippen LogP contribution is -2.22. The van der Waals surface area contributed by atoms with Crippen LogP contribution in [0.25, 0.3) is 10.9 Å². The minimum absolute atomic E-state index is 0.0758. The summed E-state index contributed by atoms with van der Waals surface area (Å²) in [7, 11) is 0. The minimum Gasteiger partial charge on any atom is -0.384 e. The normalized spacial score (nSPS) is 10.1. The van der Waals surface area contributed by atoms with Gasteiger partial charge in [0.1, 0.15) is 6.61 Å². The number of aliphatic hydroxyl groups excluding tert-OH is 1. The number of aromatic nitrogens is 2. The molecule has 4 nitrogen and oxygen atoms in total. The lowest BCUT2D eigenvalue weighted by Gasteiger charge is -2.10. The molecule has 102 valence electrons. The van der Waals surface area contributed by atoms with E-state index in [9.17, 15) is 4.79 Å². The van der Waals surface area contributed by atoms with Crippen LogP contribution in [0.1, 0.15) is 0 Å². The summed E-state index contributed by atoms with van der Waals surface area (Å²) in [6.45, 7) is 3.92. The fraction of sp³-hybridized carbons (Fsp3) is 0.200. The predicted octanol–water partition coefficient (Wildman–Crippen LogP) is 1.67. The summed E-state index contributed by atoms with van der Waals surface area (Å²) < 4.78 is 1.58. The molecule has 0 saturated carbocycles. The molecule has 0 fully saturated rings. The zero-order valence-electron chi connectivity index (χ0n) is 10.9. The molecular weight excluding hydrogens is 272 g/mol. The van der Waals surface area contributed by atoms with E-state index in [1.54, 1.807) is 16.7 Å². The Morgan fingerprint density at radius 1 is 1.40 bits per heavy atom. The van der Waals surface area contributed by atoms with Crippen molar-refractivity contribution in [3.63, 3.8) is 0 Å². The zero-order chi connectivity index (χ0) is 14.4. The quantitative estimate of drug-likeness (QED) is 0.402. The molecule has 0 atom stereocenters. The molecule has 0 aliphatic carbocycles. The number of rotatable bonds is 4. The van der Waals surface area contributed by atoms with E-state index < -0.39 is 0 Å². The summed E-state index contributed by atoms with van der Waals surface area (Å²) in [4.78, 5) is 16.9. The van der Waals surface area contributed by atoms with Gasteiger partial charge >= 0.3 is 0 Å². The molecule has 0 spiro atoms. The molecule has 1 aromatic heterocycles. The van der Waals surface area contributed by atoms with Gasteiger partial charge in [0.05, 0.1) is 16.7 Å². The van der Waals surface area contributed by atoms with Crippen LogP contribution in [0.3, 0.4) is 0 Å². The lowest BCUT2D eigenvalue weighted by molar-refractivity contribution is 0.350. The molecular formula is C15H14N2O2S. The Kier molecular flexibility index (Phi) is 4.99. The molecule has 0 bridgehead atoms. The Hall–Kier alpha value is -2.03. The monoisotopic (exact) mass is 286 g/mol. The lowest BCUT2D eigenvalue weighted by atomic mass is 10.2. The van der Waals surface area contributed by atoms with Crippen LogP contribution in [0.15, 0.2) is 46.9 Å². The van der Waals surface area contributed by atoms with Crippen molar-refractivity contribution in [1.29, 1.82) is 0 Å². The van der Waals surface area contributed by atoms with Gasteiger partial charge in [0.2, 0.25) is 0 Å².